The molecule has 5 rings (SSSR count). The van der Waals surface area contributed by atoms with Crippen LogP contribution in [0.4, 0.5) is 5.82 Å². The number of hydrogen-bond donors (Lipinski definition) is 1. The van der Waals surface area contributed by atoms with Gasteiger partial charge in [-0.2, -0.15) is 5.10 Å². The lowest BCUT2D eigenvalue weighted by Crippen LogP contribution is -2.05. The predicted octanol–water partition coefficient (Wildman–Crippen LogP) is 3.36. The Kier molecular flexibility index (Phi) is 3.93. The van der Waals surface area contributed by atoms with Crippen molar-refractivity contribution in [3.05, 3.63) is 60.0 Å². The van der Waals surface area contributed by atoms with Crippen LogP contribution in [0.2, 0.25) is 0 Å². The molecule has 1 aromatic carbocycles. The van der Waals surface area contributed by atoms with Gasteiger partial charge in [0, 0.05) is 38.0 Å². The summed E-state index contributed by atoms with van der Waals surface area (Å²) in [4.78, 5) is 13.5. The van der Waals surface area contributed by atoms with Crippen molar-refractivity contribution < 1.29 is 4.74 Å². The van der Waals surface area contributed by atoms with Crippen LogP contribution < -0.4 is 10.1 Å². The molecule has 0 spiro atoms. The molecule has 0 amide bonds. The number of anilines is 1. The third-order valence-corrected chi connectivity index (χ3v) is 4.95. The van der Waals surface area contributed by atoms with E-state index in [1.807, 2.05) is 19.2 Å². The molecular weight excluding hydrogens is 352 g/mol. The van der Waals surface area contributed by atoms with Gasteiger partial charge in [-0.25, -0.2) is 9.97 Å². The zero-order valence-electron chi connectivity index (χ0n) is 15.8. The smallest absolute Gasteiger partial charge is 0.164 e. The van der Waals surface area contributed by atoms with Crippen LogP contribution in [0, 0.1) is 0 Å². The molecule has 0 aliphatic carbocycles. The van der Waals surface area contributed by atoms with Gasteiger partial charge in [-0.3, -0.25) is 9.67 Å². The van der Waals surface area contributed by atoms with Gasteiger partial charge in [0.05, 0.1) is 11.6 Å². The standard InChI is InChI=1S/C21H20N6O/c1-13-9-16-10-14(3-4-18(16)28-13)11-23-20-17-12-24-27(2)21(17)26-19(25-20)15-5-7-22-8-6-15/h3-8,10,12-13H,9,11H2,1-2H3,(H,23,25,26). The summed E-state index contributed by atoms with van der Waals surface area (Å²) in [6, 6.07) is 10.2. The van der Waals surface area contributed by atoms with Crippen molar-refractivity contribution in [1.29, 1.82) is 0 Å². The van der Waals surface area contributed by atoms with E-state index in [0.29, 0.717) is 12.4 Å². The van der Waals surface area contributed by atoms with Gasteiger partial charge in [-0.15, -0.1) is 0 Å². The van der Waals surface area contributed by atoms with E-state index in [1.165, 1.54) is 11.1 Å². The van der Waals surface area contributed by atoms with E-state index in [1.54, 1.807) is 23.3 Å². The van der Waals surface area contributed by atoms with Crippen molar-refractivity contribution in [3.63, 3.8) is 0 Å². The molecule has 4 heterocycles. The SMILES string of the molecule is CC1Cc2cc(CNc3nc(-c4ccncc4)nc4c3cnn4C)ccc2O1. The predicted molar refractivity (Wildman–Crippen MR) is 107 cm³/mol. The van der Waals surface area contributed by atoms with Crippen molar-refractivity contribution in [2.24, 2.45) is 7.05 Å². The highest BCUT2D eigenvalue weighted by Gasteiger charge is 2.19. The van der Waals surface area contributed by atoms with Crippen LogP contribution in [0.15, 0.2) is 48.9 Å². The Hall–Kier alpha value is -3.48. The second kappa shape index (κ2) is 6.60. The Bertz CT molecular complexity index is 1150. The van der Waals surface area contributed by atoms with Crippen molar-refractivity contribution in [1.82, 2.24) is 24.7 Å². The zero-order chi connectivity index (χ0) is 19.1. The molecule has 0 saturated carbocycles. The van der Waals surface area contributed by atoms with Crippen LogP contribution in [0.25, 0.3) is 22.4 Å². The van der Waals surface area contributed by atoms with E-state index < -0.39 is 0 Å². The third-order valence-electron chi connectivity index (χ3n) is 4.95. The van der Waals surface area contributed by atoms with Gasteiger partial charge in [0.25, 0.3) is 0 Å². The normalized spacial score (nSPS) is 15.4. The number of aryl methyl sites for hydroxylation is 1. The second-order valence-corrected chi connectivity index (χ2v) is 7.07. The Balaban J connectivity index is 1.48. The van der Waals surface area contributed by atoms with Gasteiger partial charge in [0.15, 0.2) is 11.5 Å². The summed E-state index contributed by atoms with van der Waals surface area (Å²) >= 11 is 0. The van der Waals surface area contributed by atoms with Crippen molar-refractivity contribution in [2.75, 3.05) is 5.32 Å². The lowest BCUT2D eigenvalue weighted by atomic mass is 10.1. The molecule has 140 valence electrons. The van der Waals surface area contributed by atoms with Crippen molar-refractivity contribution in [2.45, 2.75) is 26.0 Å². The number of ether oxygens (including phenoxy) is 1. The van der Waals surface area contributed by atoms with Crippen molar-refractivity contribution >= 4 is 16.9 Å². The quantitative estimate of drug-likeness (QED) is 0.592. The average molecular weight is 372 g/mol. The first kappa shape index (κ1) is 16.7. The van der Waals surface area contributed by atoms with E-state index in [-0.39, 0.29) is 6.10 Å². The molecule has 7 nitrogen and oxygen atoms in total. The topological polar surface area (TPSA) is 77.8 Å². The monoisotopic (exact) mass is 372 g/mol. The zero-order valence-corrected chi connectivity index (χ0v) is 15.8. The van der Waals surface area contributed by atoms with E-state index in [2.05, 4.69) is 45.5 Å². The van der Waals surface area contributed by atoms with Gasteiger partial charge in [-0.05, 0) is 36.2 Å². The number of benzene rings is 1. The lowest BCUT2D eigenvalue weighted by molar-refractivity contribution is 0.254. The molecule has 3 aromatic heterocycles. The first-order valence-corrected chi connectivity index (χ1v) is 9.30. The molecule has 1 aliphatic rings. The van der Waals surface area contributed by atoms with Gasteiger partial charge in [0.1, 0.15) is 17.7 Å². The van der Waals surface area contributed by atoms with Gasteiger partial charge >= 0.3 is 0 Å². The van der Waals surface area contributed by atoms with Crippen LogP contribution >= 0.6 is 0 Å². The maximum Gasteiger partial charge on any atom is 0.164 e. The Labute approximate surface area is 162 Å². The number of aromatic nitrogens is 5. The number of nitrogens with one attached hydrogen (secondary N) is 1. The summed E-state index contributed by atoms with van der Waals surface area (Å²) in [5.41, 5.74) is 4.17. The fraction of sp³-hybridized carbons (Fsp3) is 0.238. The fourth-order valence-electron chi connectivity index (χ4n) is 3.56. The Morgan fingerprint density at radius 2 is 2.04 bits per heavy atom. The largest absolute Gasteiger partial charge is 0.490 e. The number of pyridine rings is 1. The maximum atomic E-state index is 5.79. The molecule has 1 aliphatic heterocycles. The molecule has 1 unspecified atom stereocenters. The molecule has 0 saturated heterocycles. The Morgan fingerprint density at radius 3 is 2.89 bits per heavy atom. The van der Waals surface area contributed by atoms with Gasteiger partial charge in [-0.1, -0.05) is 12.1 Å². The lowest BCUT2D eigenvalue weighted by Gasteiger charge is -2.10. The Morgan fingerprint density at radius 1 is 1.18 bits per heavy atom. The highest BCUT2D eigenvalue weighted by Crippen LogP contribution is 2.30. The second-order valence-electron chi connectivity index (χ2n) is 7.07. The number of fused-ring (bicyclic) bond motifs is 2. The van der Waals surface area contributed by atoms with E-state index >= 15 is 0 Å². The molecule has 0 radical (unpaired) electrons. The molecule has 1 atom stereocenters. The van der Waals surface area contributed by atoms with E-state index in [0.717, 1.165) is 34.6 Å². The molecule has 0 bridgehead atoms. The summed E-state index contributed by atoms with van der Waals surface area (Å²) in [6.45, 7) is 2.76. The number of hydrogen-bond acceptors (Lipinski definition) is 6. The number of rotatable bonds is 4. The molecule has 1 N–H and O–H groups in total. The van der Waals surface area contributed by atoms with Crippen LogP contribution in [-0.4, -0.2) is 30.8 Å². The summed E-state index contributed by atoms with van der Waals surface area (Å²) in [6.07, 6.45) is 6.49. The highest BCUT2D eigenvalue weighted by atomic mass is 16.5. The minimum atomic E-state index is 0.248. The van der Waals surface area contributed by atoms with E-state index in [9.17, 15) is 0 Å². The van der Waals surface area contributed by atoms with Gasteiger partial charge < -0.3 is 10.1 Å². The molecule has 4 aromatic rings. The van der Waals surface area contributed by atoms with Gasteiger partial charge in [0.2, 0.25) is 0 Å². The summed E-state index contributed by atoms with van der Waals surface area (Å²) in [5.74, 6) is 2.42. The first-order chi connectivity index (χ1) is 13.7. The van der Waals surface area contributed by atoms with Crippen LogP contribution in [0.5, 0.6) is 5.75 Å². The minimum Gasteiger partial charge on any atom is -0.490 e. The summed E-state index contributed by atoms with van der Waals surface area (Å²) < 4.78 is 7.56. The highest BCUT2D eigenvalue weighted by molar-refractivity contribution is 5.88. The van der Waals surface area contributed by atoms with Crippen LogP contribution in [0.1, 0.15) is 18.1 Å². The van der Waals surface area contributed by atoms with Crippen molar-refractivity contribution in [3.8, 4) is 17.1 Å². The third kappa shape index (κ3) is 2.94. The van der Waals surface area contributed by atoms with E-state index in [4.69, 9.17) is 9.72 Å². The van der Waals surface area contributed by atoms with Crippen LogP contribution in [0.3, 0.4) is 0 Å². The summed E-state index contributed by atoms with van der Waals surface area (Å²) in [5, 5.41) is 8.72. The first-order valence-electron chi connectivity index (χ1n) is 9.30. The minimum absolute atomic E-state index is 0.248. The molecule has 0 fully saturated rings. The molecule has 7 heteroatoms. The number of nitrogens with zero attached hydrogens (tertiary/aromatic N) is 5. The molecular formula is C21H20N6O. The fourth-order valence-corrected chi connectivity index (χ4v) is 3.56. The maximum absolute atomic E-state index is 5.79. The molecule has 28 heavy (non-hydrogen) atoms. The average Bonchev–Trinajstić information content (AvgIpc) is 3.28. The summed E-state index contributed by atoms with van der Waals surface area (Å²) in [7, 11) is 1.89. The van der Waals surface area contributed by atoms with Crippen LogP contribution in [-0.2, 0) is 20.0 Å².